The Labute approximate surface area is 109 Å². The number of hydrogen-bond acceptors (Lipinski definition) is 0. The van der Waals surface area contributed by atoms with Crippen LogP contribution in [0.1, 0.15) is 79.6 Å². The summed E-state index contributed by atoms with van der Waals surface area (Å²) in [5, 5.41) is 0. The minimum absolute atomic E-state index is 0.764. The molecule has 17 heavy (non-hydrogen) atoms. The van der Waals surface area contributed by atoms with Crippen molar-refractivity contribution >= 4 is 0 Å². The predicted octanol–water partition coefficient (Wildman–Crippen LogP) is 5.67. The van der Waals surface area contributed by atoms with E-state index in [9.17, 15) is 0 Å². The van der Waals surface area contributed by atoms with Crippen molar-refractivity contribution in [1.82, 2.24) is 0 Å². The zero-order valence-electron chi connectivity index (χ0n) is 12.7. The second-order valence-corrected chi connectivity index (χ2v) is 7.33. The quantitative estimate of drug-likeness (QED) is 0.580. The first-order valence-corrected chi connectivity index (χ1v) is 8.07. The summed E-state index contributed by atoms with van der Waals surface area (Å²) in [5.74, 6) is 3.14. The fraction of sp³-hybridized carbons (Fsp3) is 1.00. The Morgan fingerprint density at radius 1 is 1.00 bits per heavy atom. The van der Waals surface area contributed by atoms with Gasteiger partial charge in [0, 0.05) is 0 Å². The smallest absolute Gasteiger partial charge is 0.0264 e. The van der Waals surface area contributed by atoms with Crippen molar-refractivity contribution in [2.45, 2.75) is 79.6 Å². The first kappa shape index (κ1) is 13.4. The molecule has 4 bridgehead atoms. The number of rotatable bonds is 2. The summed E-state index contributed by atoms with van der Waals surface area (Å²) in [5.41, 5.74) is 1.55. The van der Waals surface area contributed by atoms with Gasteiger partial charge in [0.15, 0.2) is 0 Å². The maximum atomic E-state index is 2.48. The lowest BCUT2D eigenvalue weighted by atomic mass is 9.41. The van der Waals surface area contributed by atoms with E-state index in [-0.39, 0.29) is 0 Å². The van der Waals surface area contributed by atoms with Gasteiger partial charge >= 0.3 is 0 Å². The molecule has 4 aliphatic carbocycles. The molecule has 0 N–H and O–H groups in total. The van der Waals surface area contributed by atoms with Gasteiger partial charge in [0.1, 0.15) is 0 Å². The Hall–Kier alpha value is 0. The van der Waals surface area contributed by atoms with E-state index in [1.54, 1.807) is 38.5 Å². The van der Waals surface area contributed by atoms with Gasteiger partial charge in [0.05, 0.1) is 0 Å². The molecule has 100 valence electrons. The largest absolute Gasteiger partial charge is 0.0683 e. The molecule has 4 fully saturated rings. The van der Waals surface area contributed by atoms with Gasteiger partial charge in [-0.2, -0.15) is 0 Å². The lowest BCUT2D eigenvalue weighted by molar-refractivity contribution is -0.132. The molecule has 0 nitrogen and oxygen atoms in total. The van der Waals surface area contributed by atoms with Crippen LogP contribution >= 0.6 is 0 Å². The second kappa shape index (κ2) is 4.59. The van der Waals surface area contributed by atoms with Crippen LogP contribution in [-0.2, 0) is 0 Å². The topological polar surface area (TPSA) is 0 Å². The molecule has 4 aliphatic rings. The predicted molar refractivity (Wildman–Crippen MR) is 76.0 cm³/mol. The summed E-state index contributed by atoms with van der Waals surface area (Å²) in [7, 11) is 0. The minimum atomic E-state index is 0.764. The monoisotopic (exact) mass is 236 g/mol. The summed E-state index contributed by atoms with van der Waals surface area (Å²) >= 11 is 0. The van der Waals surface area contributed by atoms with Gasteiger partial charge < -0.3 is 0 Å². The molecule has 4 saturated carbocycles. The number of hydrogen-bond donors (Lipinski definition) is 0. The van der Waals surface area contributed by atoms with Crippen LogP contribution in [0.15, 0.2) is 0 Å². The van der Waals surface area contributed by atoms with E-state index in [0.717, 1.165) is 28.6 Å². The van der Waals surface area contributed by atoms with E-state index in [2.05, 4.69) is 20.8 Å². The van der Waals surface area contributed by atoms with E-state index < -0.39 is 0 Å². The SMILES string of the molecule is CC.CCC12CC3CC(C1)CC(C(C)C)(C3)C2. The summed E-state index contributed by atoms with van der Waals surface area (Å²) in [6.07, 6.45) is 10.9. The van der Waals surface area contributed by atoms with Gasteiger partial charge in [0.2, 0.25) is 0 Å². The van der Waals surface area contributed by atoms with E-state index >= 15 is 0 Å². The summed E-state index contributed by atoms with van der Waals surface area (Å²) in [4.78, 5) is 0. The normalized spacial score (nSPS) is 46.9. The van der Waals surface area contributed by atoms with Gasteiger partial charge in [-0.05, 0) is 67.1 Å². The highest BCUT2D eigenvalue weighted by Crippen LogP contribution is 2.68. The molecule has 2 atom stereocenters. The van der Waals surface area contributed by atoms with Crippen LogP contribution in [0.2, 0.25) is 0 Å². The summed E-state index contributed by atoms with van der Waals surface area (Å²) in [6.45, 7) is 11.4. The van der Waals surface area contributed by atoms with E-state index in [0.29, 0.717) is 0 Å². The zero-order chi connectivity index (χ0) is 12.7. The summed E-state index contributed by atoms with van der Waals surface area (Å²) in [6, 6.07) is 0. The highest BCUT2D eigenvalue weighted by molar-refractivity contribution is 5.07. The third kappa shape index (κ3) is 2.06. The average molecular weight is 236 g/mol. The Bertz CT molecular complexity index is 249. The summed E-state index contributed by atoms with van der Waals surface area (Å²) < 4.78 is 0. The molecular weight excluding hydrogens is 204 g/mol. The zero-order valence-corrected chi connectivity index (χ0v) is 12.7. The molecule has 0 aromatic rings. The standard InChI is InChI=1S/C15H26.C2H6/c1-4-14-6-12-5-13(7-14)9-15(8-12,10-14)11(2)3;1-2/h11-13H,4-10H2,1-3H3;1-2H3. The molecule has 0 heterocycles. The van der Waals surface area contributed by atoms with Crippen molar-refractivity contribution < 1.29 is 0 Å². The second-order valence-electron chi connectivity index (χ2n) is 7.33. The highest BCUT2D eigenvalue weighted by atomic mass is 14.6. The van der Waals surface area contributed by atoms with Crippen LogP contribution in [0.3, 0.4) is 0 Å². The highest BCUT2D eigenvalue weighted by Gasteiger charge is 2.57. The van der Waals surface area contributed by atoms with Gasteiger partial charge in [-0.3, -0.25) is 0 Å². The van der Waals surface area contributed by atoms with Crippen LogP contribution in [0, 0.1) is 28.6 Å². The molecule has 0 aromatic heterocycles. The fourth-order valence-electron chi connectivity index (χ4n) is 5.62. The molecule has 0 aliphatic heterocycles. The fourth-order valence-corrected chi connectivity index (χ4v) is 5.62. The van der Waals surface area contributed by atoms with Gasteiger partial charge in [0.25, 0.3) is 0 Å². The van der Waals surface area contributed by atoms with E-state index in [1.807, 2.05) is 13.8 Å². The third-order valence-electron chi connectivity index (χ3n) is 6.20. The van der Waals surface area contributed by atoms with Crippen molar-refractivity contribution in [3.8, 4) is 0 Å². The third-order valence-corrected chi connectivity index (χ3v) is 6.20. The molecule has 0 spiro atoms. The van der Waals surface area contributed by atoms with Gasteiger partial charge in [-0.1, -0.05) is 41.0 Å². The molecule has 0 saturated heterocycles. The lowest BCUT2D eigenvalue weighted by Crippen LogP contribution is -2.53. The van der Waals surface area contributed by atoms with E-state index in [4.69, 9.17) is 0 Å². The lowest BCUT2D eigenvalue weighted by Gasteiger charge is -2.64. The molecule has 0 radical (unpaired) electrons. The van der Waals surface area contributed by atoms with Crippen LogP contribution in [0.25, 0.3) is 0 Å². The molecule has 2 unspecified atom stereocenters. The molecular formula is C17H32. The van der Waals surface area contributed by atoms with Gasteiger partial charge in [-0.25, -0.2) is 0 Å². The van der Waals surface area contributed by atoms with Crippen LogP contribution < -0.4 is 0 Å². The van der Waals surface area contributed by atoms with Crippen molar-refractivity contribution in [2.75, 3.05) is 0 Å². The first-order valence-electron chi connectivity index (χ1n) is 8.07. The van der Waals surface area contributed by atoms with Crippen molar-refractivity contribution in [3.05, 3.63) is 0 Å². The van der Waals surface area contributed by atoms with E-state index in [1.165, 1.54) is 6.42 Å². The van der Waals surface area contributed by atoms with Gasteiger partial charge in [-0.15, -0.1) is 0 Å². The van der Waals surface area contributed by atoms with Crippen LogP contribution in [-0.4, -0.2) is 0 Å². The maximum Gasteiger partial charge on any atom is -0.0264 e. The van der Waals surface area contributed by atoms with Crippen molar-refractivity contribution in [3.63, 3.8) is 0 Å². The maximum absolute atomic E-state index is 2.48. The Morgan fingerprint density at radius 3 is 1.94 bits per heavy atom. The Kier molecular flexibility index (Phi) is 3.63. The molecule has 0 amide bonds. The minimum Gasteiger partial charge on any atom is -0.0683 e. The molecule has 4 rings (SSSR count). The van der Waals surface area contributed by atoms with Crippen molar-refractivity contribution in [1.29, 1.82) is 0 Å². The first-order chi connectivity index (χ1) is 8.07. The molecule has 0 aromatic carbocycles. The Morgan fingerprint density at radius 2 is 1.53 bits per heavy atom. The van der Waals surface area contributed by atoms with Crippen molar-refractivity contribution in [2.24, 2.45) is 28.6 Å². The van der Waals surface area contributed by atoms with Crippen LogP contribution in [0.4, 0.5) is 0 Å². The molecule has 0 heteroatoms. The average Bonchev–Trinajstić information content (AvgIpc) is 2.30. The van der Waals surface area contributed by atoms with Crippen LogP contribution in [0.5, 0.6) is 0 Å². The Balaban J connectivity index is 0.000000514.